The Morgan fingerprint density at radius 1 is 1.15 bits per heavy atom. The van der Waals surface area contributed by atoms with Crippen LogP contribution in [0.15, 0.2) is 59.0 Å². The molecule has 0 saturated carbocycles. The van der Waals surface area contributed by atoms with Crippen molar-refractivity contribution in [2.45, 2.75) is 24.3 Å². The molecule has 10 heteroatoms. The van der Waals surface area contributed by atoms with Crippen LogP contribution in [0.1, 0.15) is 28.8 Å². The predicted octanol–water partition coefficient (Wildman–Crippen LogP) is 1.06. The first-order valence-electron chi connectivity index (χ1n) is 11.2. The monoisotopic (exact) mass is 488 g/mol. The third-order valence-corrected chi connectivity index (χ3v) is 6.51. The summed E-state index contributed by atoms with van der Waals surface area (Å²) < 4.78 is 33.9. The number of carbonyl (C=O) groups is 1. The molecule has 34 heavy (non-hydrogen) atoms. The molecule has 0 aromatic heterocycles. The quantitative estimate of drug-likeness (QED) is 0.307. The molecular formula is C24H32N4O5S. The summed E-state index contributed by atoms with van der Waals surface area (Å²) in [5, 5.41) is 18.8. The van der Waals surface area contributed by atoms with Crippen molar-refractivity contribution in [1.82, 2.24) is 16.0 Å². The lowest BCUT2D eigenvalue weighted by Gasteiger charge is -2.45. The second kappa shape index (κ2) is 11.5. The molecule has 4 N–H and O–H groups in total. The number of hydrogen-bond acceptors (Lipinski definition) is 6. The number of benzene rings is 2. The molecule has 1 aliphatic rings. The van der Waals surface area contributed by atoms with E-state index >= 15 is 0 Å². The molecule has 1 aliphatic heterocycles. The molecule has 0 spiro atoms. The number of amides is 1. The number of sulfonamides is 1. The van der Waals surface area contributed by atoms with E-state index in [-0.39, 0.29) is 19.0 Å². The summed E-state index contributed by atoms with van der Waals surface area (Å²) in [6, 6.07) is 15.8. The van der Waals surface area contributed by atoms with Gasteiger partial charge in [-0.3, -0.25) is 4.79 Å². The number of methoxy groups -OCH3 is 1. The number of rotatable bonds is 9. The van der Waals surface area contributed by atoms with Gasteiger partial charge < -0.3 is 25.8 Å². The lowest BCUT2D eigenvalue weighted by Crippen LogP contribution is -2.61. The Kier molecular flexibility index (Phi) is 8.65. The van der Waals surface area contributed by atoms with Gasteiger partial charge in [0, 0.05) is 12.0 Å². The molecule has 1 unspecified atom stereocenters. The molecule has 184 valence electrons. The standard InChI is InChI=1S/C24H32N4O5S/c1-33-20-11-7-6-10-19(20)23(30)27-21(22(26-16-17-29)28-34(2,31)32)24(12-14-25-15-13-24)18-8-4-3-5-9-18/h3-11,21,25,29H,12-17H2,1-2H3,(H,26,28)(H,27,30). The number of para-hydroxylation sites is 1. The van der Waals surface area contributed by atoms with Crippen LogP contribution in [-0.4, -0.2) is 70.9 Å². The maximum atomic E-state index is 13.5. The summed E-state index contributed by atoms with van der Waals surface area (Å²) in [5.74, 6) is 0.0802. The number of aliphatic hydroxyl groups excluding tert-OH is 1. The Morgan fingerprint density at radius 3 is 2.41 bits per heavy atom. The van der Waals surface area contributed by atoms with Gasteiger partial charge in [0.15, 0.2) is 0 Å². The normalized spacial score (nSPS) is 17.0. The van der Waals surface area contributed by atoms with Crippen molar-refractivity contribution >= 4 is 21.8 Å². The van der Waals surface area contributed by atoms with Crippen LogP contribution in [0.2, 0.25) is 0 Å². The zero-order valence-electron chi connectivity index (χ0n) is 19.5. The van der Waals surface area contributed by atoms with E-state index in [1.54, 1.807) is 24.3 Å². The maximum Gasteiger partial charge on any atom is 0.255 e. The van der Waals surface area contributed by atoms with Crippen molar-refractivity contribution in [3.63, 3.8) is 0 Å². The zero-order chi connectivity index (χ0) is 24.6. The summed E-state index contributed by atoms with van der Waals surface area (Å²) in [6.07, 6.45) is 2.28. The van der Waals surface area contributed by atoms with Gasteiger partial charge in [0.1, 0.15) is 11.6 Å². The van der Waals surface area contributed by atoms with Crippen LogP contribution in [0, 0.1) is 0 Å². The minimum atomic E-state index is -3.81. The van der Waals surface area contributed by atoms with Gasteiger partial charge in [-0.1, -0.05) is 42.5 Å². The number of piperidine rings is 1. The first kappa shape index (κ1) is 25.7. The van der Waals surface area contributed by atoms with Crippen molar-refractivity contribution in [2.75, 3.05) is 39.6 Å². The lowest BCUT2D eigenvalue weighted by atomic mass is 9.67. The Bertz CT molecular complexity index is 1100. The highest BCUT2D eigenvalue weighted by molar-refractivity contribution is 7.89. The van der Waals surface area contributed by atoms with Gasteiger partial charge in [0.2, 0.25) is 0 Å². The predicted molar refractivity (Wildman–Crippen MR) is 132 cm³/mol. The van der Waals surface area contributed by atoms with Gasteiger partial charge in [0.25, 0.3) is 15.9 Å². The Hall–Kier alpha value is -2.95. The Morgan fingerprint density at radius 2 is 1.79 bits per heavy atom. The largest absolute Gasteiger partial charge is 0.496 e. The van der Waals surface area contributed by atoms with Gasteiger partial charge >= 0.3 is 0 Å². The van der Waals surface area contributed by atoms with E-state index in [1.807, 2.05) is 30.3 Å². The van der Waals surface area contributed by atoms with Crippen LogP contribution >= 0.6 is 0 Å². The SMILES string of the molecule is COc1ccccc1C(=O)NC(C(=NS(C)(=O)=O)NCCO)C1(c2ccccc2)CCNCC1. The Labute approximate surface area is 200 Å². The van der Waals surface area contributed by atoms with Gasteiger partial charge in [-0.15, -0.1) is 4.40 Å². The maximum absolute atomic E-state index is 13.5. The van der Waals surface area contributed by atoms with E-state index in [1.165, 1.54) is 7.11 Å². The van der Waals surface area contributed by atoms with Crippen LogP contribution in [0.25, 0.3) is 0 Å². The lowest BCUT2D eigenvalue weighted by molar-refractivity contribution is 0.0918. The highest BCUT2D eigenvalue weighted by Gasteiger charge is 2.45. The molecule has 1 saturated heterocycles. The average Bonchev–Trinajstić information content (AvgIpc) is 2.85. The molecule has 0 aliphatic carbocycles. The molecule has 0 radical (unpaired) electrons. The summed E-state index contributed by atoms with van der Waals surface area (Å²) in [4.78, 5) is 13.5. The van der Waals surface area contributed by atoms with E-state index < -0.39 is 27.4 Å². The van der Waals surface area contributed by atoms with E-state index in [0.29, 0.717) is 37.2 Å². The highest BCUT2D eigenvalue weighted by Crippen LogP contribution is 2.38. The first-order valence-corrected chi connectivity index (χ1v) is 13.0. The van der Waals surface area contributed by atoms with Gasteiger partial charge in [-0.05, 0) is 43.6 Å². The van der Waals surface area contributed by atoms with Crippen molar-refractivity contribution in [1.29, 1.82) is 0 Å². The van der Waals surface area contributed by atoms with E-state index in [4.69, 9.17) is 4.74 Å². The van der Waals surface area contributed by atoms with E-state index in [2.05, 4.69) is 20.3 Å². The summed E-state index contributed by atoms with van der Waals surface area (Å²) in [6.45, 7) is 1.22. The fraction of sp³-hybridized carbons (Fsp3) is 0.417. The number of hydrogen-bond donors (Lipinski definition) is 4. The van der Waals surface area contributed by atoms with Crippen molar-refractivity contribution in [3.05, 3.63) is 65.7 Å². The molecule has 2 aromatic carbocycles. The molecule has 0 bridgehead atoms. The number of nitrogens with zero attached hydrogens (tertiary/aromatic N) is 1. The first-order chi connectivity index (χ1) is 16.3. The number of aliphatic hydroxyl groups is 1. The van der Waals surface area contributed by atoms with Crippen molar-refractivity contribution < 1.29 is 23.1 Å². The second-order valence-electron chi connectivity index (χ2n) is 8.24. The molecule has 1 heterocycles. The fourth-order valence-electron chi connectivity index (χ4n) is 4.45. The minimum absolute atomic E-state index is 0.0818. The topological polar surface area (TPSA) is 129 Å². The van der Waals surface area contributed by atoms with Crippen molar-refractivity contribution in [3.8, 4) is 5.75 Å². The summed E-state index contributed by atoms with van der Waals surface area (Å²) in [5.41, 5.74) is 0.651. The third kappa shape index (κ3) is 6.13. The van der Waals surface area contributed by atoms with Gasteiger partial charge in [0.05, 0.1) is 31.6 Å². The number of carbonyl (C=O) groups excluding carboxylic acids is 1. The number of ether oxygens (including phenoxy) is 1. The summed E-state index contributed by atoms with van der Waals surface area (Å²) >= 11 is 0. The zero-order valence-corrected chi connectivity index (χ0v) is 20.3. The van der Waals surface area contributed by atoms with Crippen LogP contribution in [0.5, 0.6) is 5.75 Å². The average molecular weight is 489 g/mol. The van der Waals surface area contributed by atoms with Crippen molar-refractivity contribution in [2.24, 2.45) is 4.40 Å². The van der Waals surface area contributed by atoms with E-state index in [0.717, 1.165) is 11.8 Å². The van der Waals surface area contributed by atoms with Gasteiger partial charge in [-0.25, -0.2) is 8.42 Å². The summed E-state index contributed by atoms with van der Waals surface area (Å²) in [7, 11) is -2.32. The smallest absolute Gasteiger partial charge is 0.255 e. The highest BCUT2D eigenvalue weighted by atomic mass is 32.2. The third-order valence-electron chi connectivity index (χ3n) is 5.98. The molecule has 1 fully saturated rings. The number of nitrogens with one attached hydrogen (secondary N) is 3. The molecule has 1 amide bonds. The fourth-order valence-corrected chi connectivity index (χ4v) is 4.97. The molecule has 1 atom stereocenters. The minimum Gasteiger partial charge on any atom is -0.496 e. The van der Waals surface area contributed by atoms with Crippen LogP contribution in [0.4, 0.5) is 0 Å². The van der Waals surface area contributed by atoms with Crippen LogP contribution in [0.3, 0.4) is 0 Å². The van der Waals surface area contributed by atoms with E-state index in [9.17, 15) is 18.3 Å². The van der Waals surface area contributed by atoms with Crippen LogP contribution in [-0.2, 0) is 15.4 Å². The molecule has 2 aromatic rings. The second-order valence-corrected chi connectivity index (χ2v) is 9.89. The van der Waals surface area contributed by atoms with Gasteiger partial charge in [-0.2, -0.15) is 0 Å². The molecular weight excluding hydrogens is 456 g/mol. The molecule has 9 nitrogen and oxygen atoms in total. The molecule has 3 rings (SSSR count). The van der Waals surface area contributed by atoms with Crippen LogP contribution < -0.4 is 20.7 Å². The Balaban J connectivity index is 2.17. The number of amidine groups is 1.